The van der Waals surface area contributed by atoms with Crippen LogP contribution in [0.4, 0.5) is 5.69 Å². The Labute approximate surface area is 170 Å². The van der Waals surface area contributed by atoms with Gasteiger partial charge in [0.25, 0.3) is 17.7 Å². The van der Waals surface area contributed by atoms with Crippen molar-refractivity contribution >= 4 is 35.8 Å². The molecule has 0 saturated carbocycles. The molecule has 0 aliphatic carbocycles. The van der Waals surface area contributed by atoms with E-state index in [4.69, 9.17) is 5.73 Å². The second kappa shape index (κ2) is 8.99. The molecule has 1 heterocycles. The molecule has 0 saturated heterocycles. The summed E-state index contributed by atoms with van der Waals surface area (Å²) in [5.41, 5.74) is 8.77. The minimum absolute atomic E-state index is 0. The number of fused-ring (bicyclic) bond motifs is 1. The third-order valence-electron chi connectivity index (χ3n) is 4.67. The van der Waals surface area contributed by atoms with Crippen molar-refractivity contribution in [2.24, 2.45) is 5.73 Å². The van der Waals surface area contributed by atoms with E-state index < -0.39 is 5.91 Å². The Hall–Kier alpha value is -2.70. The molecule has 3 N–H and O–H groups in total. The molecule has 0 fully saturated rings. The molecule has 148 valence electrons. The average molecular weight is 402 g/mol. The van der Waals surface area contributed by atoms with Gasteiger partial charge in [0.15, 0.2) is 0 Å². The fourth-order valence-electron chi connectivity index (χ4n) is 3.13. The molecule has 0 atom stereocenters. The largest absolute Gasteiger partial charge is 0.352 e. The van der Waals surface area contributed by atoms with Crippen LogP contribution < -0.4 is 16.0 Å². The number of nitrogens with two attached hydrogens (primary N) is 1. The molecular weight excluding hydrogens is 378 g/mol. The average Bonchev–Trinajstić information content (AvgIpc) is 2.91. The summed E-state index contributed by atoms with van der Waals surface area (Å²) >= 11 is 0. The number of rotatable bonds is 6. The normalized spacial score (nSPS) is 12.6. The second-order valence-electron chi connectivity index (χ2n) is 6.75. The van der Waals surface area contributed by atoms with Gasteiger partial charge in [0.1, 0.15) is 0 Å². The van der Waals surface area contributed by atoms with Crippen molar-refractivity contribution in [2.75, 3.05) is 18.0 Å². The number of hydrogen-bond donors (Lipinski definition) is 2. The smallest absolute Gasteiger partial charge is 0.266 e. The predicted octanol–water partition coefficient (Wildman–Crippen LogP) is 2.99. The molecule has 0 aromatic heterocycles. The van der Waals surface area contributed by atoms with Crippen LogP contribution in [0, 0.1) is 13.8 Å². The first-order chi connectivity index (χ1) is 12.9. The molecule has 2 aromatic carbocycles. The van der Waals surface area contributed by atoms with Crippen molar-refractivity contribution in [2.45, 2.75) is 26.7 Å². The van der Waals surface area contributed by atoms with Crippen LogP contribution in [0.5, 0.6) is 0 Å². The third-order valence-corrected chi connectivity index (χ3v) is 4.67. The van der Waals surface area contributed by atoms with Gasteiger partial charge < -0.3 is 11.1 Å². The monoisotopic (exact) mass is 401 g/mol. The number of unbranched alkanes of at least 4 members (excludes halogenated alkanes) is 1. The maximum absolute atomic E-state index is 12.9. The van der Waals surface area contributed by atoms with Crippen molar-refractivity contribution in [3.05, 3.63) is 64.2 Å². The second-order valence-corrected chi connectivity index (χ2v) is 6.75. The van der Waals surface area contributed by atoms with Gasteiger partial charge in [-0.1, -0.05) is 12.1 Å². The van der Waals surface area contributed by atoms with Gasteiger partial charge in [-0.25, -0.2) is 4.90 Å². The molecule has 0 bridgehead atoms. The Morgan fingerprint density at radius 1 is 1.00 bits per heavy atom. The van der Waals surface area contributed by atoms with Gasteiger partial charge in [0, 0.05) is 12.1 Å². The molecule has 1 aliphatic rings. The highest BCUT2D eigenvalue weighted by Crippen LogP contribution is 2.31. The summed E-state index contributed by atoms with van der Waals surface area (Å²) in [5, 5.41) is 2.81. The van der Waals surface area contributed by atoms with Crippen molar-refractivity contribution in [3.63, 3.8) is 0 Å². The number of amides is 3. The molecule has 3 rings (SSSR count). The number of halogens is 1. The van der Waals surface area contributed by atoms with Gasteiger partial charge in [-0.3, -0.25) is 14.4 Å². The Morgan fingerprint density at radius 3 is 2.43 bits per heavy atom. The standard InChI is InChI=1S/C21H23N3O3.ClH/c1-13-5-6-14(2)18(11-13)24-20(26)16-8-7-15(12-17(16)21(24)27)19(25)23-10-4-3-9-22;/h5-8,11-12H,3-4,9-10,22H2,1-2H3,(H,23,25);1H. The number of carbonyl (C=O) groups excluding carboxylic acids is 3. The third kappa shape index (κ3) is 4.08. The minimum Gasteiger partial charge on any atom is -0.352 e. The maximum Gasteiger partial charge on any atom is 0.266 e. The van der Waals surface area contributed by atoms with E-state index in [1.165, 1.54) is 11.0 Å². The number of anilines is 1. The molecule has 1 aliphatic heterocycles. The summed E-state index contributed by atoms with van der Waals surface area (Å²) in [6, 6.07) is 10.3. The van der Waals surface area contributed by atoms with E-state index in [9.17, 15) is 14.4 Å². The summed E-state index contributed by atoms with van der Waals surface area (Å²) < 4.78 is 0. The highest BCUT2D eigenvalue weighted by molar-refractivity contribution is 6.35. The van der Waals surface area contributed by atoms with Crippen molar-refractivity contribution in [1.82, 2.24) is 5.32 Å². The number of nitrogens with one attached hydrogen (secondary N) is 1. The van der Waals surface area contributed by atoms with Crippen LogP contribution in [0.3, 0.4) is 0 Å². The number of aryl methyl sites for hydroxylation is 2. The van der Waals surface area contributed by atoms with Crippen LogP contribution in [0.2, 0.25) is 0 Å². The number of carbonyl (C=O) groups is 3. The zero-order valence-electron chi connectivity index (χ0n) is 16.0. The fourth-order valence-corrected chi connectivity index (χ4v) is 3.13. The van der Waals surface area contributed by atoms with Gasteiger partial charge >= 0.3 is 0 Å². The molecule has 6 nitrogen and oxygen atoms in total. The Morgan fingerprint density at radius 2 is 1.71 bits per heavy atom. The minimum atomic E-state index is -0.401. The first-order valence-corrected chi connectivity index (χ1v) is 9.02. The van der Waals surface area contributed by atoms with E-state index in [0.29, 0.717) is 29.9 Å². The molecule has 3 amide bonds. The Balaban J connectivity index is 0.00000280. The first kappa shape index (κ1) is 21.6. The SMILES string of the molecule is Cc1ccc(C)c(N2C(=O)c3ccc(C(=O)NCCCCN)cc3C2=O)c1.Cl. The maximum atomic E-state index is 12.9. The lowest BCUT2D eigenvalue weighted by Gasteiger charge is -2.17. The summed E-state index contributed by atoms with van der Waals surface area (Å²) in [6.07, 6.45) is 1.63. The summed E-state index contributed by atoms with van der Waals surface area (Å²) in [4.78, 5) is 39.2. The van der Waals surface area contributed by atoms with Crippen molar-refractivity contribution in [1.29, 1.82) is 0 Å². The van der Waals surface area contributed by atoms with E-state index >= 15 is 0 Å². The van der Waals surface area contributed by atoms with Gasteiger partial charge in [0.05, 0.1) is 16.8 Å². The highest BCUT2D eigenvalue weighted by Gasteiger charge is 2.37. The summed E-state index contributed by atoms with van der Waals surface area (Å²) in [5.74, 6) is -1.03. The molecular formula is C21H24ClN3O3. The summed E-state index contributed by atoms with van der Waals surface area (Å²) in [6.45, 7) is 4.88. The number of benzene rings is 2. The first-order valence-electron chi connectivity index (χ1n) is 9.02. The zero-order chi connectivity index (χ0) is 19.6. The number of nitrogens with zero attached hydrogens (tertiary/aromatic N) is 1. The fraction of sp³-hybridized carbons (Fsp3) is 0.286. The van der Waals surface area contributed by atoms with Gasteiger partial charge in [-0.15, -0.1) is 12.4 Å². The molecule has 0 radical (unpaired) electrons. The van der Waals surface area contributed by atoms with Crippen LogP contribution in [0.25, 0.3) is 0 Å². The lowest BCUT2D eigenvalue weighted by molar-refractivity contribution is 0.0923. The molecule has 2 aromatic rings. The van der Waals surface area contributed by atoms with E-state index in [-0.39, 0.29) is 29.8 Å². The molecule has 0 spiro atoms. The van der Waals surface area contributed by atoms with E-state index in [0.717, 1.165) is 24.0 Å². The van der Waals surface area contributed by atoms with E-state index in [1.807, 2.05) is 32.0 Å². The molecule has 7 heteroatoms. The van der Waals surface area contributed by atoms with Gasteiger partial charge in [-0.05, 0) is 68.6 Å². The van der Waals surface area contributed by atoms with E-state index in [1.54, 1.807) is 12.1 Å². The quantitative estimate of drug-likeness (QED) is 0.574. The topological polar surface area (TPSA) is 92.5 Å². The lowest BCUT2D eigenvalue weighted by atomic mass is 10.1. The Bertz CT molecular complexity index is 927. The Kier molecular flexibility index (Phi) is 6.94. The number of imide groups is 1. The molecule has 28 heavy (non-hydrogen) atoms. The van der Waals surface area contributed by atoms with Crippen LogP contribution in [-0.2, 0) is 0 Å². The zero-order valence-corrected chi connectivity index (χ0v) is 16.8. The van der Waals surface area contributed by atoms with Crippen LogP contribution in [-0.4, -0.2) is 30.8 Å². The number of hydrogen-bond acceptors (Lipinski definition) is 4. The van der Waals surface area contributed by atoms with E-state index in [2.05, 4.69) is 5.32 Å². The predicted molar refractivity (Wildman–Crippen MR) is 111 cm³/mol. The van der Waals surface area contributed by atoms with Crippen LogP contribution >= 0.6 is 12.4 Å². The lowest BCUT2D eigenvalue weighted by Crippen LogP contribution is -2.30. The van der Waals surface area contributed by atoms with Crippen LogP contribution in [0.1, 0.15) is 55.0 Å². The van der Waals surface area contributed by atoms with Crippen molar-refractivity contribution in [3.8, 4) is 0 Å². The highest BCUT2D eigenvalue weighted by atomic mass is 35.5. The van der Waals surface area contributed by atoms with Gasteiger partial charge in [-0.2, -0.15) is 0 Å². The van der Waals surface area contributed by atoms with Crippen LogP contribution in [0.15, 0.2) is 36.4 Å². The summed E-state index contributed by atoms with van der Waals surface area (Å²) in [7, 11) is 0. The van der Waals surface area contributed by atoms with Crippen molar-refractivity contribution < 1.29 is 14.4 Å². The van der Waals surface area contributed by atoms with Gasteiger partial charge in [0.2, 0.25) is 0 Å². The molecule has 0 unspecified atom stereocenters.